The van der Waals surface area contributed by atoms with E-state index in [0.717, 1.165) is 0 Å². The second kappa shape index (κ2) is 4.88. The number of hydrogen-bond acceptors (Lipinski definition) is 4. The average molecular weight is 328 g/mol. The molecule has 2 atom stereocenters. The van der Waals surface area contributed by atoms with E-state index in [4.69, 9.17) is 5.11 Å². The van der Waals surface area contributed by atoms with E-state index in [-0.39, 0.29) is 0 Å². The third-order valence-corrected chi connectivity index (χ3v) is 3.59. The van der Waals surface area contributed by atoms with Gasteiger partial charge in [0.05, 0.1) is 0 Å². The molecule has 2 unspecified atom stereocenters. The van der Waals surface area contributed by atoms with Crippen molar-refractivity contribution in [1.29, 1.82) is 0 Å². The zero-order valence-electron chi connectivity index (χ0n) is 9.51. The topological polar surface area (TPSA) is 108 Å². The number of anilines is 1. The smallest absolute Gasteiger partial charge is 0.330 e. The van der Waals surface area contributed by atoms with Crippen LogP contribution in [0, 0.1) is 0 Å². The Labute approximate surface area is 116 Å². The number of hydrogen-bond donors (Lipinski definition) is 4. The summed E-state index contributed by atoms with van der Waals surface area (Å²) in [5.41, 5.74) is 0.539. The van der Waals surface area contributed by atoms with Gasteiger partial charge in [0.2, 0.25) is 4.45 Å². The molecule has 1 heterocycles. The Hall–Kier alpha value is -2.09. The lowest BCUT2D eigenvalue weighted by Gasteiger charge is -2.37. The number of amides is 3. The van der Waals surface area contributed by atoms with E-state index in [1.165, 1.54) is 0 Å². The third kappa shape index (κ3) is 2.53. The van der Waals surface area contributed by atoms with Crippen LogP contribution in [0.3, 0.4) is 0 Å². The fourth-order valence-corrected chi connectivity index (χ4v) is 2.32. The number of benzene rings is 1. The maximum absolute atomic E-state index is 11.9. The normalized spacial score (nSPS) is 26.3. The van der Waals surface area contributed by atoms with Gasteiger partial charge < -0.3 is 15.7 Å². The standard InChI is InChI=1S/C11H10BrN3O4/c12-11(15-6-4-2-1-3-5-6)7(8(16)17)13-10(19)14-9(11)18/h1-5,7,15H,(H,16,17)(H2,13,14,18,19). The maximum atomic E-state index is 11.9. The van der Waals surface area contributed by atoms with Crippen LogP contribution in [0.4, 0.5) is 10.5 Å². The molecule has 0 bridgehead atoms. The van der Waals surface area contributed by atoms with Gasteiger partial charge in [-0.25, -0.2) is 9.59 Å². The number of carboxylic acids is 1. The molecule has 1 aromatic rings. The minimum atomic E-state index is -1.66. The first-order valence-electron chi connectivity index (χ1n) is 5.30. The van der Waals surface area contributed by atoms with Gasteiger partial charge in [0.25, 0.3) is 5.91 Å². The molecule has 0 spiro atoms. The van der Waals surface area contributed by atoms with Crippen LogP contribution in [0.2, 0.25) is 0 Å². The number of carbonyl (C=O) groups excluding carboxylic acids is 2. The number of urea groups is 1. The zero-order valence-corrected chi connectivity index (χ0v) is 11.1. The molecule has 0 radical (unpaired) electrons. The van der Waals surface area contributed by atoms with Gasteiger partial charge in [-0.3, -0.25) is 10.1 Å². The fraction of sp³-hybridized carbons (Fsp3) is 0.182. The van der Waals surface area contributed by atoms with Gasteiger partial charge in [-0.05, 0) is 28.1 Å². The molecule has 0 saturated carbocycles. The summed E-state index contributed by atoms with van der Waals surface area (Å²) in [4.78, 5) is 34.3. The number of imide groups is 1. The summed E-state index contributed by atoms with van der Waals surface area (Å²) in [7, 11) is 0. The molecule has 1 aliphatic rings. The van der Waals surface area contributed by atoms with Gasteiger partial charge in [-0.15, -0.1) is 0 Å². The van der Waals surface area contributed by atoms with Crippen molar-refractivity contribution >= 4 is 39.5 Å². The molecule has 0 aliphatic carbocycles. The Morgan fingerprint density at radius 3 is 2.53 bits per heavy atom. The van der Waals surface area contributed by atoms with Crippen molar-refractivity contribution in [3.63, 3.8) is 0 Å². The number of carbonyl (C=O) groups is 3. The molecule has 1 fully saturated rings. The van der Waals surface area contributed by atoms with Gasteiger partial charge in [0.1, 0.15) is 0 Å². The van der Waals surface area contributed by atoms with Gasteiger partial charge in [0.15, 0.2) is 6.04 Å². The number of aliphatic carboxylic acids is 1. The number of rotatable bonds is 3. The van der Waals surface area contributed by atoms with Crippen molar-refractivity contribution in [1.82, 2.24) is 10.6 Å². The molecule has 19 heavy (non-hydrogen) atoms. The number of para-hydroxylation sites is 1. The first kappa shape index (κ1) is 13.3. The third-order valence-electron chi connectivity index (χ3n) is 2.58. The summed E-state index contributed by atoms with van der Waals surface area (Å²) in [6.07, 6.45) is 0. The van der Waals surface area contributed by atoms with Gasteiger partial charge in [0, 0.05) is 5.69 Å². The quantitative estimate of drug-likeness (QED) is 0.477. The van der Waals surface area contributed by atoms with Crippen LogP contribution in [0.1, 0.15) is 0 Å². The van der Waals surface area contributed by atoms with E-state index in [1.54, 1.807) is 30.3 Å². The largest absolute Gasteiger partial charge is 0.480 e. The molecule has 4 N–H and O–H groups in total. The van der Waals surface area contributed by atoms with Crippen molar-refractivity contribution in [2.75, 3.05) is 5.32 Å². The summed E-state index contributed by atoms with van der Waals surface area (Å²) < 4.78 is -1.66. The molecule has 0 aromatic heterocycles. The number of nitrogens with one attached hydrogen (secondary N) is 3. The lowest BCUT2D eigenvalue weighted by atomic mass is 10.0. The Morgan fingerprint density at radius 2 is 1.95 bits per heavy atom. The van der Waals surface area contributed by atoms with E-state index >= 15 is 0 Å². The van der Waals surface area contributed by atoms with Crippen molar-refractivity contribution < 1.29 is 19.5 Å². The summed E-state index contributed by atoms with van der Waals surface area (Å²) in [6, 6.07) is 6.30. The van der Waals surface area contributed by atoms with Gasteiger partial charge in [-0.1, -0.05) is 18.2 Å². The summed E-state index contributed by atoms with van der Waals surface area (Å²) >= 11 is 3.07. The minimum Gasteiger partial charge on any atom is -0.480 e. The van der Waals surface area contributed by atoms with E-state index in [2.05, 4.69) is 26.6 Å². The van der Waals surface area contributed by atoms with E-state index in [1.807, 2.05) is 5.32 Å². The Morgan fingerprint density at radius 1 is 1.32 bits per heavy atom. The number of halogens is 1. The Kier molecular flexibility index (Phi) is 3.43. The van der Waals surface area contributed by atoms with Crippen LogP contribution in [-0.4, -0.2) is 33.5 Å². The monoisotopic (exact) mass is 327 g/mol. The molecular formula is C11H10BrN3O4. The zero-order chi connectivity index (χ0) is 14.0. The first-order chi connectivity index (χ1) is 8.93. The maximum Gasteiger partial charge on any atom is 0.330 e. The lowest BCUT2D eigenvalue weighted by molar-refractivity contribution is -0.142. The number of alkyl halides is 1. The summed E-state index contributed by atoms with van der Waals surface area (Å²) in [5, 5.41) is 16.1. The Balaban J connectivity index is 2.34. The second-order valence-corrected chi connectivity index (χ2v) is 5.15. The predicted molar refractivity (Wildman–Crippen MR) is 69.8 cm³/mol. The van der Waals surface area contributed by atoms with Crippen LogP contribution in [-0.2, 0) is 9.59 Å². The molecular weight excluding hydrogens is 318 g/mol. The van der Waals surface area contributed by atoms with Crippen LogP contribution in [0.15, 0.2) is 30.3 Å². The SMILES string of the molecule is O=C1NC(=O)C(Br)(Nc2ccccc2)C(C(=O)O)N1. The van der Waals surface area contributed by atoms with Crippen molar-refractivity contribution in [2.45, 2.75) is 10.5 Å². The average Bonchev–Trinajstić information content (AvgIpc) is 2.35. The summed E-state index contributed by atoms with van der Waals surface area (Å²) in [5.74, 6) is -2.10. The highest BCUT2D eigenvalue weighted by molar-refractivity contribution is 9.10. The second-order valence-electron chi connectivity index (χ2n) is 3.90. The molecule has 1 aliphatic heterocycles. The van der Waals surface area contributed by atoms with Gasteiger partial charge in [-0.2, -0.15) is 0 Å². The van der Waals surface area contributed by atoms with Crippen LogP contribution < -0.4 is 16.0 Å². The molecule has 100 valence electrons. The highest BCUT2D eigenvalue weighted by atomic mass is 79.9. The Bertz CT molecular complexity index is 536. The van der Waals surface area contributed by atoms with Gasteiger partial charge >= 0.3 is 12.0 Å². The summed E-state index contributed by atoms with van der Waals surface area (Å²) in [6.45, 7) is 0. The first-order valence-corrected chi connectivity index (χ1v) is 6.09. The number of carboxylic acid groups (broad SMARTS) is 1. The predicted octanol–water partition coefficient (Wildman–Crippen LogP) is 0.482. The molecule has 1 aromatic carbocycles. The van der Waals surface area contributed by atoms with E-state index in [9.17, 15) is 14.4 Å². The van der Waals surface area contributed by atoms with Crippen molar-refractivity contribution in [2.24, 2.45) is 0 Å². The molecule has 7 nitrogen and oxygen atoms in total. The van der Waals surface area contributed by atoms with Crippen LogP contribution in [0.5, 0.6) is 0 Å². The molecule has 2 rings (SSSR count). The van der Waals surface area contributed by atoms with Crippen LogP contribution >= 0.6 is 15.9 Å². The van der Waals surface area contributed by atoms with Crippen LogP contribution in [0.25, 0.3) is 0 Å². The van der Waals surface area contributed by atoms with Crippen molar-refractivity contribution in [3.8, 4) is 0 Å². The molecule has 1 saturated heterocycles. The molecule has 8 heteroatoms. The molecule has 3 amide bonds. The highest BCUT2D eigenvalue weighted by Gasteiger charge is 2.52. The lowest BCUT2D eigenvalue weighted by Crippen LogP contribution is -2.71. The minimum absolute atomic E-state index is 0.539. The fourth-order valence-electron chi connectivity index (χ4n) is 1.68. The van der Waals surface area contributed by atoms with E-state index in [0.29, 0.717) is 5.69 Å². The van der Waals surface area contributed by atoms with Crippen molar-refractivity contribution in [3.05, 3.63) is 30.3 Å². The van der Waals surface area contributed by atoms with E-state index < -0.39 is 28.4 Å². The highest BCUT2D eigenvalue weighted by Crippen LogP contribution is 2.28.